The van der Waals surface area contributed by atoms with Gasteiger partial charge in [-0.2, -0.15) is 4.31 Å². The van der Waals surface area contributed by atoms with Gasteiger partial charge < -0.3 is 4.90 Å². The SMILES string of the molecule is CC(=O)N(C)C1CCN(S(=O)(=O)c2ccc(F)cc2)CC1. The minimum atomic E-state index is -3.58. The molecule has 0 N–H and O–H groups in total. The Hall–Kier alpha value is -1.47. The summed E-state index contributed by atoms with van der Waals surface area (Å²) in [5.41, 5.74) is 0. The molecule has 1 aliphatic rings. The molecule has 0 aliphatic carbocycles. The summed E-state index contributed by atoms with van der Waals surface area (Å²) in [6, 6.07) is 4.91. The van der Waals surface area contributed by atoms with E-state index in [1.807, 2.05) is 0 Å². The van der Waals surface area contributed by atoms with Crippen LogP contribution < -0.4 is 0 Å². The molecular weight excluding hydrogens is 295 g/mol. The summed E-state index contributed by atoms with van der Waals surface area (Å²) in [5, 5.41) is 0. The second-order valence-electron chi connectivity index (χ2n) is 5.22. The number of carbonyl (C=O) groups excluding carboxylic acids is 1. The summed E-state index contributed by atoms with van der Waals surface area (Å²) >= 11 is 0. The van der Waals surface area contributed by atoms with E-state index in [-0.39, 0.29) is 16.8 Å². The van der Waals surface area contributed by atoms with Crippen LogP contribution in [0.3, 0.4) is 0 Å². The van der Waals surface area contributed by atoms with Gasteiger partial charge in [-0.1, -0.05) is 0 Å². The van der Waals surface area contributed by atoms with Crippen LogP contribution in [0.4, 0.5) is 4.39 Å². The molecule has 0 aromatic heterocycles. The third kappa shape index (κ3) is 3.41. The minimum absolute atomic E-state index is 0.0187. The Morgan fingerprint density at radius 1 is 1.24 bits per heavy atom. The zero-order valence-corrected chi connectivity index (χ0v) is 12.9. The second-order valence-corrected chi connectivity index (χ2v) is 7.16. The minimum Gasteiger partial charge on any atom is -0.343 e. The maximum Gasteiger partial charge on any atom is 0.243 e. The van der Waals surface area contributed by atoms with Crippen LogP contribution in [-0.4, -0.2) is 49.7 Å². The number of nitrogens with zero attached hydrogens (tertiary/aromatic N) is 2. The van der Waals surface area contributed by atoms with Crippen molar-refractivity contribution in [2.24, 2.45) is 0 Å². The lowest BCUT2D eigenvalue weighted by atomic mass is 10.1. The predicted octanol–water partition coefficient (Wildman–Crippen LogP) is 1.46. The van der Waals surface area contributed by atoms with Crippen LogP contribution in [0.1, 0.15) is 19.8 Å². The van der Waals surface area contributed by atoms with Crippen LogP contribution >= 0.6 is 0 Å². The average molecular weight is 314 g/mol. The molecule has 0 bridgehead atoms. The normalized spacial score (nSPS) is 17.7. The van der Waals surface area contributed by atoms with Crippen molar-refractivity contribution < 1.29 is 17.6 Å². The van der Waals surface area contributed by atoms with E-state index in [1.165, 1.54) is 23.4 Å². The number of carbonyl (C=O) groups is 1. The summed E-state index contributed by atoms with van der Waals surface area (Å²) in [6.45, 7) is 2.23. The Morgan fingerprint density at radius 3 is 2.24 bits per heavy atom. The first-order valence-electron chi connectivity index (χ1n) is 6.81. The number of piperidine rings is 1. The molecule has 0 radical (unpaired) electrons. The van der Waals surface area contributed by atoms with Crippen LogP contribution in [0, 0.1) is 5.82 Å². The highest BCUT2D eigenvalue weighted by Crippen LogP contribution is 2.22. The summed E-state index contributed by atoms with van der Waals surface area (Å²) in [7, 11) is -1.85. The highest BCUT2D eigenvalue weighted by molar-refractivity contribution is 7.89. The standard InChI is InChI=1S/C14H19FN2O3S/c1-11(18)16(2)13-7-9-17(10-8-13)21(19,20)14-5-3-12(15)4-6-14/h3-6,13H,7-10H2,1-2H3. The number of amides is 1. The van der Waals surface area contributed by atoms with Crippen molar-refractivity contribution in [3.63, 3.8) is 0 Å². The molecule has 1 fully saturated rings. The van der Waals surface area contributed by atoms with Crippen molar-refractivity contribution in [3.8, 4) is 0 Å². The molecule has 0 saturated carbocycles. The van der Waals surface area contributed by atoms with Gasteiger partial charge in [0.05, 0.1) is 4.90 Å². The van der Waals surface area contributed by atoms with Gasteiger partial charge in [0.1, 0.15) is 5.82 Å². The molecule has 1 aromatic rings. The first kappa shape index (κ1) is 15.9. The van der Waals surface area contributed by atoms with Gasteiger partial charge in [0, 0.05) is 33.1 Å². The molecule has 0 atom stereocenters. The summed E-state index contributed by atoms with van der Waals surface area (Å²) in [5.74, 6) is -0.481. The third-order valence-corrected chi connectivity index (χ3v) is 5.83. The molecule has 1 saturated heterocycles. The van der Waals surface area contributed by atoms with Gasteiger partial charge in [-0.15, -0.1) is 0 Å². The predicted molar refractivity (Wildman–Crippen MR) is 76.6 cm³/mol. The fraction of sp³-hybridized carbons (Fsp3) is 0.500. The van der Waals surface area contributed by atoms with Gasteiger partial charge in [0.15, 0.2) is 0 Å². The van der Waals surface area contributed by atoms with E-state index in [1.54, 1.807) is 11.9 Å². The molecule has 0 spiro atoms. The van der Waals surface area contributed by atoms with Gasteiger partial charge in [0.2, 0.25) is 15.9 Å². The van der Waals surface area contributed by atoms with Crippen LogP contribution in [0.15, 0.2) is 29.2 Å². The highest BCUT2D eigenvalue weighted by Gasteiger charge is 2.31. The lowest BCUT2D eigenvalue weighted by Crippen LogP contribution is -2.46. The maximum absolute atomic E-state index is 12.9. The van der Waals surface area contributed by atoms with E-state index >= 15 is 0 Å². The quantitative estimate of drug-likeness (QED) is 0.848. The number of hydrogen-bond donors (Lipinski definition) is 0. The zero-order chi connectivity index (χ0) is 15.6. The van der Waals surface area contributed by atoms with Crippen molar-refractivity contribution >= 4 is 15.9 Å². The second kappa shape index (κ2) is 6.11. The Bertz CT molecular complexity index is 608. The van der Waals surface area contributed by atoms with Gasteiger partial charge in [-0.3, -0.25) is 4.79 Å². The molecule has 1 aliphatic heterocycles. The van der Waals surface area contributed by atoms with E-state index < -0.39 is 15.8 Å². The van der Waals surface area contributed by atoms with Crippen LogP contribution in [-0.2, 0) is 14.8 Å². The number of rotatable bonds is 3. The Morgan fingerprint density at radius 2 is 1.76 bits per heavy atom. The highest BCUT2D eigenvalue weighted by atomic mass is 32.2. The topological polar surface area (TPSA) is 57.7 Å². The number of hydrogen-bond acceptors (Lipinski definition) is 3. The summed E-state index contributed by atoms with van der Waals surface area (Å²) in [4.78, 5) is 13.1. The molecular formula is C14H19FN2O3S. The molecule has 1 heterocycles. The van der Waals surface area contributed by atoms with Crippen molar-refractivity contribution in [2.75, 3.05) is 20.1 Å². The van der Waals surface area contributed by atoms with E-state index in [0.29, 0.717) is 25.9 Å². The smallest absolute Gasteiger partial charge is 0.243 e. The van der Waals surface area contributed by atoms with E-state index in [2.05, 4.69) is 0 Å². The molecule has 7 heteroatoms. The van der Waals surface area contributed by atoms with Crippen LogP contribution in [0.5, 0.6) is 0 Å². The number of halogens is 1. The van der Waals surface area contributed by atoms with Crippen molar-refractivity contribution in [1.82, 2.24) is 9.21 Å². The maximum atomic E-state index is 12.9. The average Bonchev–Trinajstić information content (AvgIpc) is 2.47. The lowest BCUT2D eigenvalue weighted by Gasteiger charge is -2.35. The summed E-state index contributed by atoms with van der Waals surface area (Å²) < 4.78 is 39.1. The Kier molecular flexibility index (Phi) is 4.63. The van der Waals surface area contributed by atoms with Gasteiger partial charge in [-0.25, -0.2) is 12.8 Å². The fourth-order valence-electron chi connectivity index (χ4n) is 2.48. The van der Waals surface area contributed by atoms with Crippen molar-refractivity contribution in [1.29, 1.82) is 0 Å². The molecule has 0 unspecified atom stereocenters. The molecule has 116 valence electrons. The van der Waals surface area contributed by atoms with Crippen molar-refractivity contribution in [3.05, 3.63) is 30.1 Å². The first-order valence-corrected chi connectivity index (χ1v) is 8.25. The molecule has 2 rings (SSSR count). The van der Waals surface area contributed by atoms with E-state index in [4.69, 9.17) is 0 Å². The first-order chi connectivity index (χ1) is 9.82. The van der Waals surface area contributed by atoms with Gasteiger partial charge >= 0.3 is 0 Å². The molecule has 5 nitrogen and oxygen atoms in total. The lowest BCUT2D eigenvalue weighted by molar-refractivity contribution is -0.130. The number of sulfonamides is 1. The van der Waals surface area contributed by atoms with Gasteiger partial charge in [-0.05, 0) is 37.1 Å². The molecule has 1 amide bonds. The third-order valence-electron chi connectivity index (χ3n) is 3.92. The van der Waals surface area contributed by atoms with Gasteiger partial charge in [0.25, 0.3) is 0 Å². The van der Waals surface area contributed by atoms with E-state index in [0.717, 1.165) is 12.1 Å². The fourth-order valence-corrected chi connectivity index (χ4v) is 3.95. The largest absolute Gasteiger partial charge is 0.343 e. The Labute approximate surface area is 124 Å². The van der Waals surface area contributed by atoms with E-state index in [9.17, 15) is 17.6 Å². The van der Waals surface area contributed by atoms with Crippen LogP contribution in [0.25, 0.3) is 0 Å². The molecule has 21 heavy (non-hydrogen) atoms. The monoisotopic (exact) mass is 314 g/mol. The summed E-state index contributed by atoms with van der Waals surface area (Å²) in [6.07, 6.45) is 1.22. The molecule has 1 aromatic carbocycles. The number of benzene rings is 1. The Balaban J connectivity index is 2.07. The zero-order valence-electron chi connectivity index (χ0n) is 12.1. The van der Waals surface area contributed by atoms with Crippen molar-refractivity contribution in [2.45, 2.75) is 30.7 Å². The van der Waals surface area contributed by atoms with Crippen LogP contribution in [0.2, 0.25) is 0 Å².